The van der Waals surface area contributed by atoms with E-state index in [0.717, 1.165) is 36.2 Å². The van der Waals surface area contributed by atoms with E-state index < -0.39 is 22.5 Å². The third-order valence-corrected chi connectivity index (χ3v) is 8.02. The molecule has 1 aliphatic heterocycles. The number of sulfonamides is 1. The van der Waals surface area contributed by atoms with Crippen molar-refractivity contribution in [3.8, 4) is 0 Å². The quantitative estimate of drug-likeness (QED) is 0.378. The largest absolute Gasteiger partial charge is 0.480 e. The van der Waals surface area contributed by atoms with Crippen molar-refractivity contribution in [3.05, 3.63) is 82.8 Å². The highest BCUT2D eigenvalue weighted by molar-refractivity contribution is 9.10. The lowest BCUT2D eigenvalue weighted by atomic mass is 10.2. The highest BCUT2D eigenvalue weighted by atomic mass is 79.9. The second-order valence-corrected chi connectivity index (χ2v) is 10.9. The summed E-state index contributed by atoms with van der Waals surface area (Å²) in [6, 6.07) is 19.3. The molecule has 0 atom stereocenters. The molecule has 11 heteroatoms. The van der Waals surface area contributed by atoms with Crippen molar-refractivity contribution in [2.75, 3.05) is 47.2 Å². The summed E-state index contributed by atoms with van der Waals surface area (Å²) in [6.45, 7) is 2.96. The Balaban J connectivity index is 1.49. The van der Waals surface area contributed by atoms with Gasteiger partial charge in [0.1, 0.15) is 6.54 Å². The lowest BCUT2D eigenvalue weighted by molar-refractivity contribution is -0.135. The van der Waals surface area contributed by atoms with Crippen LogP contribution < -0.4 is 19.8 Å². The Morgan fingerprint density at radius 1 is 0.944 bits per heavy atom. The maximum Gasteiger partial charge on any atom is 0.324 e. The van der Waals surface area contributed by atoms with Crippen molar-refractivity contribution >= 4 is 54.9 Å². The number of halogens is 1. The smallest absolute Gasteiger partial charge is 0.324 e. The topological polar surface area (TPSA) is 119 Å². The van der Waals surface area contributed by atoms with Gasteiger partial charge in [-0.25, -0.2) is 8.42 Å². The molecule has 1 fully saturated rings. The second-order valence-electron chi connectivity index (χ2n) is 8.14. The molecule has 36 heavy (non-hydrogen) atoms. The standard InChI is InChI=1S/C25H25BrN4O5S/c26-19-3-11-23(12-4-19)36(34,35)30(17-24(31)32)22-7-1-18(2-8-22)25(33)28-20-5-9-21(10-6-20)29-15-13-27-14-16-29/h1-12,27H,13-17H2,(H,28,33)(H,31,32). The third kappa shape index (κ3) is 6.04. The highest BCUT2D eigenvalue weighted by Crippen LogP contribution is 2.26. The van der Waals surface area contributed by atoms with Gasteiger partial charge in [-0.1, -0.05) is 15.9 Å². The summed E-state index contributed by atoms with van der Waals surface area (Å²) < 4.78 is 27.8. The van der Waals surface area contributed by atoms with Crippen LogP contribution in [0.2, 0.25) is 0 Å². The minimum Gasteiger partial charge on any atom is -0.480 e. The van der Waals surface area contributed by atoms with Gasteiger partial charge in [0.25, 0.3) is 15.9 Å². The molecule has 3 aromatic carbocycles. The summed E-state index contributed by atoms with van der Waals surface area (Å²) in [5.74, 6) is -1.67. The number of carbonyl (C=O) groups is 2. The number of nitrogens with one attached hydrogen (secondary N) is 2. The van der Waals surface area contributed by atoms with Crippen molar-refractivity contribution in [2.24, 2.45) is 0 Å². The maximum atomic E-state index is 13.1. The molecule has 4 rings (SSSR count). The molecule has 3 N–H and O–H groups in total. The lowest BCUT2D eigenvalue weighted by Crippen LogP contribution is -2.43. The molecule has 1 amide bonds. The Hall–Kier alpha value is -3.41. The Morgan fingerprint density at radius 2 is 1.56 bits per heavy atom. The van der Waals surface area contributed by atoms with Gasteiger partial charge < -0.3 is 20.6 Å². The number of hydrogen-bond donors (Lipinski definition) is 3. The number of carboxylic acids is 1. The number of nitrogens with zero attached hydrogens (tertiary/aromatic N) is 2. The number of amides is 1. The van der Waals surface area contributed by atoms with Gasteiger partial charge in [-0.15, -0.1) is 0 Å². The van der Waals surface area contributed by atoms with Crippen LogP contribution in [-0.2, 0) is 14.8 Å². The number of benzene rings is 3. The van der Waals surface area contributed by atoms with Gasteiger partial charge in [0.05, 0.1) is 10.6 Å². The van der Waals surface area contributed by atoms with Crippen LogP contribution in [0.25, 0.3) is 0 Å². The van der Waals surface area contributed by atoms with Crippen LogP contribution in [0.1, 0.15) is 10.4 Å². The average Bonchev–Trinajstić information content (AvgIpc) is 2.88. The van der Waals surface area contributed by atoms with E-state index in [9.17, 15) is 23.1 Å². The van der Waals surface area contributed by atoms with E-state index in [1.165, 1.54) is 36.4 Å². The van der Waals surface area contributed by atoms with Crippen LogP contribution in [-0.4, -0.2) is 58.1 Å². The summed E-state index contributed by atoms with van der Waals surface area (Å²) >= 11 is 3.26. The molecule has 0 aliphatic carbocycles. The SMILES string of the molecule is O=C(O)CN(c1ccc(C(=O)Nc2ccc(N3CCNCC3)cc2)cc1)S(=O)(=O)c1ccc(Br)cc1. The number of anilines is 3. The van der Waals surface area contributed by atoms with E-state index in [2.05, 4.69) is 31.5 Å². The number of rotatable bonds is 8. The Kier molecular flexibility index (Phi) is 7.92. The molecular weight excluding hydrogens is 548 g/mol. The lowest BCUT2D eigenvalue weighted by Gasteiger charge is -2.29. The molecule has 188 valence electrons. The van der Waals surface area contributed by atoms with Gasteiger partial charge >= 0.3 is 5.97 Å². The Labute approximate surface area is 217 Å². The first kappa shape index (κ1) is 25.7. The summed E-state index contributed by atoms with van der Waals surface area (Å²) in [5.41, 5.74) is 2.16. The number of hydrogen-bond acceptors (Lipinski definition) is 6. The summed E-state index contributed by atoms with van der Waals surface area (Å²) in [4.78, 5) is 26.4. The average molecular weight is 573 g/mol. The Morgan fingerprint density at radius 3 is 2.14 bits per heavy atom. The normalized spacial score (nSPS) is 13.8. The van der Waals surface area contributed by atoms with E-state index in [0.29, 0.717) is 15.7 Å². The minimum absolute atomic E-state index is 0.0435. The van der Waals surface area contributed by atoms with Crippen molar-refractivity contribution < 1.29 is 23.1 Å². The number of carbonyl (C=O) groups excluding carboxylic acids is 1. The third-order valence-electron chi connectivity index (χ3n) is 5.71. The van der Waals surface area contributed by atoms with Crippen LogP contribution >= 0.6 is 15.9 Å². The van der Waals surface area contributed by atoms with Crippen molar-refractivity contribution in [3.63, 3.8) is 0 Å². The van der Waals surface area contributed by atoms with Crippen molar-refractivity contribution in [1.29, 1.82) is 0 Å². The molecule has 0 bridgehead atoms. The molecule has 0 unspecified atom stereocenters. The van der Waals surface area contributed by atoms with E-state index >= 15 is 0 Å². The van der Waals surface area contributed by atoms with E-state index in [1.807, 2.05) is 24.3 Å². The predicted octanol–water partition coefficient (Wildman–Crippen LogP) is 3.39. The van der Waals surface area contributed by atoms with Crippen LogP contribution in [0.5, 0.6) is 0 Å². The van der Waals surface area contributed by atoms with Crippen molar-refractivity contribution in [1.82, 2.24) is 5.32 Å². The molecular formula is C25H25BrN4O5S. The molecule has 0 saturated carbocycles. The number of piperazine rings is 1. The predicted molar refractivity (Wildman–Crippen MR) is 142 cm³/mol. The van der Waals surface area contributed by atoms with Crippen LogP contribution in [0, 0.1) is 0 Å². The van der Waals surface area contributed by atoms with Gasteiger partial charge in [-0.2, -0.15) is 0 Å². The van der Waals surface area contributed by atoms with Crippen LogP contribution in [0.15, 0.2) is 82.2 Å². The summed E-state index contributed by atoms with van der Waals surface area (Å²) in [6.07, 6.45) is 0. The molecule has 1 aliphatic rings. The number of aliphatic carboxylic acids is 1. The number of carboxylic acid groups (broad SMARTS) is 1. The molecule has 1 saturated heterocycles. The molecule has 1 heterocycles. The van der Waals surface area contributed by atoms with Gasteiger partial charge in [-0.05, 0) is 72.8 Å². The molecule has 3 aromatic rings. The van der Waals surface area contributed by atoms with E-state index in [4.69, 9.17) is 0 Å². The zero-order chi connectivity index (χ0) is 25.7. The first-order valence-electron chi connectivity index (χ1n) is 11.2. The zero-order valence-electron chi connectivity index (χ0n) is 19.2. The molecule has 0 aromatic heterocycles. The van der Waals surface area contributed by atoms with Gasteiger partial charge in [0.2, 0.25) is 0 Å². The minimum atomic E-state index is -4.14. The fourth-order valence-corrected chi connectivity index (χ4v) is 5.51. The fourth-order valence-electron chi connectivity index (χ4n) is 3.83. The van der Waals surface area contributed by atoms with Gasteiger partial charge in [0.15, 0.2) is 0 Å². The first-order valence-corrected chi connectivity index (χ1v) is 13.4. The summed E-state index contributed by atoms with van der Waals surface area (Å²) in [7, 11) is -4.14. The van der Waals surface area contributed by atoms with Gasteiger partial charge in [-0.3, -0.25) is 13.9 Å². The molecule has 9 nitrogen and oxygen atoms in total. The zero-order valence-corrected chi connectivity index (χ0v) is 21.6. The van der Waals surface area contributed by atoms with Crippen LogP contribution in [0.4, 0.5) is 17.1 Å². The molecule has 0 spiro atoms. The fraction of sp³-hybridized carbons (Fsp3) is 0.200. The maximum absolute atomic E-state index is 13.1. The first-order chi connectivity index (χ1) is 17.2. The highest BCUT2D eigenvalue weighted by Gasteiger charge is 2.27. The Bertz CT molecular complexity index is 1320. The van der Waals surface area contributed by atoms with E-state index in [1.54, 1.807) is 12.1 Å². The second kappa shape index (κ2) is 11.1. The molecule has 0 radical (unpaired) electrons. The summed E-state index contributed by atoms with van der Waals surface area (Å²) in [5, 5.41) is 15.5. The monoisotopic (exact) mass is 572 g/mol. The van der Waals surface area contributed by atoms with Crippen LogP contribution in [0.3, 0.4) is 0 Å². The van der Waals surface area contributed by atoms with Crippen molar-refractivity contribution in [2.45, 2.75) is 4.90 Å². The van der Waals surface area contributed by atoms with E-state index in [-0.39, 0.29) is 16.5 Å². The van der Waals surface area contributed by atoms with Gasteiger partial charge in [0, 0.05) is 47.6 Å².